The molecule has 2 fully saturated rings. The van der Waals surface area contributed by atoms with E-state index in [1.807, 2.05) is 19.9 Å². The van der Waals surface area contributed by atoms with Gasteiger partial charge in [0.2, 0.25) is 5.91 Å². The fraction of sp³-hybridized carbons (Fsp3) is 0.474. The number of imide groups is 2. The number of amides is 4. The molecule has 0 spiro atoms. The normalized spacial score (nSPS) is 21.8. The molecule has 0 unspecified atom stereocenters. The fourth-order valence-corrected chi connectivity index (χ4v) is 3.03. The lowest BCUT2D eigenvalue weighted by atomic mass is 10.0. The van der Waals surface area contributed by atoms with E-state index in [-0.39, 0.29) is 0 Å². The average molecular weight is 372 g/mol. The van der Waals surface area contributed by atoms with Crippen molar-refractivity contribution in [2.45, 2.75) is 13.8 Å². The number of aliphatic imine (C=N–C) groups is 1. The minimum absolute atomic E-state index is 0.444. The van der Waals surface area contributed by atoms with E-state index in [1.165, 1.54) is 6.21 Å². The molecule has 1 atom stereocenters. The van der Waals surface area contributed by atoms with Crippen LogP contribution >= 0.6 is 0 Å². The zero-order valence-corrected chi connectivity index (χ0v) is 15.6. The van der Waals surface area contributed by atoms with Crippen molar-refractivity contribution in [2.75, 3.05) is 44.3 Å². The van der Waals surface area contributed by atoms with Gasteiger partial charge in [-0.15, -0.1) is 0 Å². The lowest BCUT2D eigenvalue weighted by molar-refractivity contribution is -0.131. The van der Waals surface area contributed by atoms with Crippen LogP contribution in [-0.4, -0.2) is 68.4 Å². The molecule has 2 aliphatic rings. The number of morpholine rings is 1. The van der Waals surface area contributed by atoms with Crippen LogP contribution in [0.15, 0.2) is 23.2 Å². The molecule has 8 heteroatoms. The van der Waals surface area contributed by atoms with E-state index in [1.54, 1.807) is 12.1 Å². The molecule has 2 saturated heterocycles. The smallest absolute Gasteiger partial charge is 0.335 e. The Morgan fingerprint density at radius 3 is 2.63 bits per heavy atom. The molecule has 1 aromatic rings. The maximum absolute atomic E-state index is 12.8. The zero-order chi connectivity index (χ0) is 19.4. The fourth-order valence-electron chi connectivity index (χ4n) is 3.03. The summed E-state index contributed by atoms with van der Waals surface area (Å²) in [5, 5.41) is 2.24. The Bertz CT molecular complexity index is 771. The molecular formula is C19H24N4O4. The van der Waals surface area contributed by atoms with Crippen LogP contribution in [0.5, 0.6) is 0 Å². The van der Waals surface area contributed by atoms with E-state index in [9.17, 15) is 14.4 Å². The van der Waals surface area contributed by atoms with E-state index in [4.69, 9.17) is 4.74 Å². The van der Waals surface area contributed by atoms with Crippen molar-refractivity contribution in [3.8, 4) is 0 Å². The number of nitrogens with one attached hydrogen (secondary N) is 1. The van der Waals surface area contributed by atoms with Crippen LogP contribution in [0.2, 0.25) is 0 Å². The molecule has 144 valence electrons. The summed E-state index contributed by atoms with van der Waals surface area (Å²) in [4.78, 5) is 44.6. The molecule has 2 heterocycles. The quantitative estimate of drug-likeness (QED) is 0.613. The van der Waals surface area contributed by atoms with Gasteiger partial charge >= 0.3 is 6.03 Å². The Morgan fingerprint density at radius 1 is 1.19 bits per heavy atom. The second-order valence-electron chi connectivity index (χ2n) is 6.72. The van der Waals surface area contributed by atoms with Gasteiger partial charge in [-0.1, -0.05) is 6.07 Å². The molecule has 0 bridgehead atoms. The first-order chi connectivity index (χ1) is 13.0. The van der Waals surface area contributed by atoms with E-state index in [0.29, 0.717) is 25.4 Å². The van der Waals surface area contributed by atoms with Crippen LogP contribution in [0.1, 0.15) is 11.1 Å². The van der Waals surface area contributed by atoms with Gasteiger partial charge in [0.05, 0.1) is 25.4 Å². The summed E-state index contributed by atoms with van der Waals surface area (Å²) in [6.45, 7) is 8.20. The second kappa shape index (κ2) is 8.41. The van der Waals surface area contributed by atoms with E-state index < -0.39 is 23.8 Å². The maximum atomic E-state index is 12.8. The average Bonchev–Trinajstić information content (AvgIpc) is 2.64. The summed E-state index contributed by atoms with van der Waals surface area (Å²) in [6, 6.07) is 4.57. The number of ether oxygens (including phenoxy) is 1. The molecular weight excluding hydrogens is 348 g/mol. The first-order valence-electron chi connectivity index (χ1n) is 9.03. The molecule has 3 rings (SSSR count). The Balaban J connectivity index is 1.68. The Hall–Kier alpha value is -2.58. The minimum atomic E-state index is -1.10. The number of benzene rings is 1. The molecule has 0 aliphatic carbocycles. The van der Waals surface area contributed by atoms with Gasteiger partial charge in [0, 0.05) is 25.8 Å². The van der Waals surface area contributed by atoms with Crippen molar-refractivity contribution in [1.82, 2.24) is 10.2 Å². The van der Waals surface area contributed by atoms with Crippen LogP contribution in [0.25, 0.3) is 0 Å². The third kappa shape index (κ3) is 4.40. The van der Waals surface area contributed by atoms with E-state index >= 15 is 0 Å². The third-order valence-corrected chi connectivity index (χ3v) is 4.85. The van der Waals surface area contributed by atoms with Crippen LogP contribution in [0.4, 0.5) is 10.5 Å². The van der Waals surface area contributed by atoms with Crippen LogP contribution in [0.3, 0.4) is 0 Å². The maximum Gasteiger partial charge on any atom is 0.335 e. The monoisotopic (exact) mass is 372 g/mol. The van der Waals surface area contributed by atoms with Crippen molar-refractivity contribution < 1.29 is 19.1 Å². The molecule has 4 amide bonds. The van der Waals surface area contributed by atoms with Gasteiger partial charge in [0.25, 0.3) is 5.91 Å². The van der Waals surface area contributed by atoms with Crippen molar-refractivity contribution in [3.05, 3.63) is 29.3 Å². The second-order valence-corrected chi connectivity index (χ2v) is 6.72. The topological polar surface area (TPSA) is 91.3 Å². The summed E-state index contributed by atoms with van der Waals surface area (Å²) >= 11 is 0. The van der Waals surface area contributed by atoms with Gasteiger partial charge in [0.15, 0.2) is 5.92 Å². The number of rotatable bonds is 5. The number of hydrogen-bond donors (Lipinski definition) is 1. The highest BCUT2D eigenvalue weighted by molar-refractivity contribution is 6.32. The van der Waals surface area contributed by atoms with E-state index in [0.717, 1.165) is 35.7 Å². The summed E-state index contributed by atoms with van der Waals surface area (Å²) in [5.74, 6) is -2.32. The molecule has 27 heavy (non-hydrogen) atoms. The highest BCUT2D eigenvalue weighted by atomic mass is 16.5. The van der Waals surface area contributed by atoms with Crippen molar-refractivity contribution in [1.29, 1.82) is 0 Å². The van der Waals surface area contributed by atoms with Crippen LogP contribution in [-0.2, 0) is 14.3 Å². The van der Waals surface area contributed by atoms with Gasteiger partial charge in [-0.05, 0) is 37.1 Å². The zero-order valence-electron chi connectivity index (χ0n) is 15.6. The number of hydrogen-bond acceptors (Lipinski definition) is 6. The number of aryl methyl sites for hydroxylation is 2. The van der Waals surface area contributed by atoms with Gasteiger partial charge in [-0.2, -0.15) is 0 Å². The van der Waals surface area contributed by atoms with Crippen molar-refractivity contribution in [2.24, 2.45) is 10.9 Å². The largest absolute Gasteiger partial charge is 0.379 e. The molecule has 1 aromatic carbocycles. The molecule has 8 nitrogen and oxygen atoms in total. The summed E-state index contributed by atoms with van der Waals surface area (Å²) in [7, 11) is 0. The predicted molar refractivity (Wildman–Crippen MR) is 101 cm³/mol. The van der Waals surface area contributed by atoms with Gasteiger partial charge in [-0.25, -0.2) is 9.69 Å². The highest BCUT2D eigenvalue weighted by Gasteiger charge is 2.40. The summed E-state index contributed by atoms with van der Waals surface area (Å²) in [6.07, 6.45) is 1.35. The number of carbonyl (C=O) groups excluding carboxylic acids is 3. The molecule has 2 aliphatic heterocycles. The Morgan fingerprint density at radius 2 is 1.93 bits per heavy atom. The number of anilines is 1. The van der Waals surface area contributed by atoms with Gasteiger partial charge in [-0.3, -0.25) is 24.8 Å². The minimum Gasteiger partial charge on any atom is -0.379 e. The number of nitrogens with zero attached hydrogens (tertiary/aromatic N) is 3. The summed E-state index contributed by atoms with van der Waals surface area (Å²) in [5.41, 5.74) is 2.46. The Labute approximate surface area is 158 Å². The molecule has 0 aromatic heterocycles. The number of carbonyl (C=O) groups is 3. The van der Waals surface area contributed by atoms with Crippen molar-refractivity contribution in [3.63, 3.8) is 0 Å². The van der Waals surface area contributed by atoms with Crippen molar-refractivity contribution >= 4 is 29.7 Å². The molecule has 0 saturated carbocycles. The van der Waals surface area contributed by atoms with Gasteiger partial charge in [0.1, 0.15) is 0 Å². The van der Waals surface area contributed by atoms with Crippen LogP contribution < -0.4 is 10.2 Å². The standard InChI is InChI=1S/C19H24N4O4/c1-13-3-4-15(11-14(13)2)23-18(25)16(17(24)21-19(23)26)12-20-5-6-22-7-9-27-10-8-22/h3-4,11-12,16H,5-10H2,1-2H3,(H,21,24,26)/t16-/m1/s1. The highest BCUT2D eigenvalue weighted by Crippen LogP contribution is 2.22. The Kier molecular flexibility index (Phi) is 5.98. The lowest BCUT2D eigenvalue weighted by Crippen LogP contribution is -2.58. The first kappa shape index (κ1) is 19.2. The third-order valence-electron chi connectivity index (χ3n) is 4.85. The van der Waals surface area contributed by atoms with Gasteiger partial charge < -0.3 is 4.74 Å². The number of urea groups is 1. The number of barbiturate groups is 1. The van der Waals surface area contributed by atoms with Crippen LogP contribution in [0, 0.1) is 19.8 Å². The predicted octanol–water partition coefficient (Wildman–Crippen LogP) is 0.905. The SMILES string of the molecule is Cc1ccc(N2C(=O)NC(=O)[C@@H](C=NCCN3CCOCC3)C2=O)cc1C. The van der Waals surface area contributed by atoms with E-state index in [2.05, 4.69) is 15.2 Å². The summed E-state index contributed by atoms with van der Waals surface area (Å²) < 4.78 is 5.29. The lowest BCUT2D eigenvalue weighted by Gasteiger charge is -2.29. The molecule has 1 N–H and O–H groups in total. The first-order valence-corrected chi connectivity index (χ1v) is 9.03. The molecule has 0 radical (unpaired) electrons.